The van der Waals surface area contributed by atoms with Gasteiger partial charge in [0.25, 0.3) is 0 Å². The van der Waals surface area contributed by atoms with Gasteiger partial charge in [-0.25, -0.2) is 14.6 Å². The van der Waals surface area contributed by atoms with Crippen molar-refractivity contribution in [3.63, 3.8) is 0 Å². The molecule has 1 fully saturated rings. The van der Waals surface area contributed by atoms with Crippen molar-refractivity contribution >= 4 is 41.1 Å². The van der Waals surface area contributed by atoms with Crippen LogP contribution in [0.5, 0.6) is 0 Å². The maximum absolute atomic E-state index is 14.0. The predicted molar refractivity (Wildman–Crippen MR) is 198 cm³/mol. The molecular formula is C38H55N7O5. The SMILES string of the molecule is CC(C)=CC(=O)Nc1cccc(CN(C(=O)OC(C)(C)C)c2cc(N[C@H]3CCC(C)(C)N(C(=O)OC(C)(C)C)C3)nc3c(C(C)C)cnn23)c1. The monoisotopic (exact) mass is 689 g/mol. The zero-order valence-corrected chi connectivity index (χ0v) is 31.8. The minimum atomic E-state index is -0.768. The molecule has 0 saturated carbocycles. The zero-order chi connectivity index (χ0) is 37.2. The molecule has 12 nitrogen and oxygen atoms in total. The number of amides is 3. The summed E-state index contributed by atoms with van der Waals surface area (Å²) in [4.78, 5) is 48.1. The number of likely N-dealkylation sites (tertiary alicyclic amines) is 1. The number of rotatable bonds is 8. The fourth-order valence-electron chi connectivity index (χ4n) is 5.75. The minimum absolute atomic E-state index is 0.109. The molecule has 0 bridgehead atoms. The molecule has 1 aromatic carbocycles. The lowest BCUT2D eigenvalue weighted by molar-refractivity contribution is -0.112. The quantitative estimate of drug-likeness (QED) is 0.226. The van der Waals surface area contributed by atoms with Crippen LogP contribution in [0.2, 0.25) is 0 Å². The first kappa shape index (κ1) is 38.2. The second-order valence-corrected chi connectivity index (χ2v) is 16.3. The standard InChI is InChI=1S/C38H55N7O5/c1-24(2)18-31(46)41-27-15-13-14-26(19-27)22-43(34(47)49-36(5,6)7)32-20-30(42-33-29(25(3)4)21-39-45(32)33)40-28-16-17-38(11,12)44(23-28)35(48)50-37(8,9)10/h13-15,18-21,25,28H,16-17,22-23H2,1-12H3,(H,40,42)(H,41,46)/t28-/m0/s1. The van der Waals surface area contributed by atoms with Crippen molar-refractivity contribution in [2.75, 3.05) is 22.1 Å². The van der Waals surface area contributed by atoms with Gasteiger partial charge in [0.2, 0.25) is 5.91 Å². The van der Waals surface area contributed by atoms with Crippen molar-refractivity contribution in [1.29, 1.82) is 0 Å². The summed E-state index contributed by atoms with van der Waals surface area (Å²) in [5.41, 5.74) is 2.01. The molecule has 1 saturated heterocycles. The van der Waals surface area contributed by atoms with Gasteiger partial charge in [-0.15, -0.1) is 0 Å². The third-order valence-electron chi connectivity index (χ3n) is 8.15. The van der Waals surface area contributed by atoms with Gasteiger partial charge in [-0.1, -0.05) is 31.6 Å². The number of nitrogens with one attached hydrogen (secondary N) is 2. The number of nitrogens with zero attached hydrogens (tertiary/aromatic N) is 5. The van der Waals surface area contributed by atoms with E-state index in [1.807, 2.05) is 73.6 Å². The molecule has 3 amide bonds. The van der Waals surface area contributed by atoms with E-state index in [-0.39, 0.29) is 36.0 Å². The Hall–Kier alpha value is -4.61. The van der Waals surface area contributed by atoms with E-state index in [9.17, 15) is 14.4 Å². The molecule has 0 unspecified atom stereocenters. The lowest BCUT2D eigenvalue weighted by Gasteiger charge is -2.45. The topological polar surface area (TPSA) is 130 Å². The Balaban J connectivity index is 1.76. The molecule has 272 valence electrons. The average Bonchev–Trinajstić information content (AvgIpc) is 3.39. The lowest BCUT2D eigenvalue weighted by atomic mass is 9.88. The molecular weight excluding hydrogens is 634 g/mol. The molecule has 50 heavy (non-hydrogen) atoms. The van der Waals surface area contributed by atoms with Crippen LogP contribution in [0.25, 0.3) is 5.65 Å². The Morgan fingerprint density at radius 1 is 1.06 bits per heavy atom. The summed E-state index contributed by atoms with van der Waals surface area (Å²) in [6.45, 7) is 23.6. The van der Waals surface area contributed by atoms with Crippen LogP contribution in [0.3, 0.4) is 0 Å². The highest BCUT2D eigenvalue weighted by atomic mass is 16.6. The number of aromatic nitrogens is 3. The zero-order valence-electron chi connectivity index (χ0n) is 31.8. The molecule has 2 N–H and O–H groups in total. The van der Waals surface area contributed by atoms with Crippen LogP contribution < -0.4 is 15.5 Å². The number of carbonyl (C=O) groups excluding carboxylic acids is 3. The molecule has 1 aliphatic rings. The van der Waals surface area contributed by atoms with E-state index in [2.05, 4.69) is 43.4 Å². The highest BCUT2D eigenvalue weighted by Crippen LogP contribution is 2.33. The van der Waals surface area contributed by atoms with Crippen LogP contribution in [-0.4, -0.2) is 66.9 Å². The molecule has 4 rings (SSSR count). The van der Waals surface area contributed by atoms with E-state index < -0.39 is 17.3 Å². The maximum Gasteiger partial charge on any atom is 0.416 e. The number of hydrogen-bond acceptors (Lipinski definition) is 8. The summed E-state index contributed by atoms with van der Waals surface area (Å²) in [5, 5.41) is 11.2. The second-order valence-electron chi connectivity index (χ2n) is 16.3. The van der Waals surface area contributed by atoms with Crippen LogP contribution >= 0.6 is 0 Å². The van der Waals surface area contributed by atoms with Gasteiger partial charge in [-0.05, 0) is 106 Å². The van der Waals surface area contributed by atoms with E-state index >= 15 is 0 Å². The van der Waals surface area contributed by atoms with Crippen molar-refractivity contribution in [3.05, 3.63) is 59.3 Å². The van der Waals surface area contributed by atoms with Gasteiger partial charge >= 0.3 is 12.2 Å². The third kappa shape index (κ3) is 9.98. The summed E-state index contributed by atoms with van der Waals surface area (Å²) >= 11 is 0. The van der Waals surface area contributed by atoms with Crippen LogP contribution in [0.15, 0.2) is 48.2 Å². The van der Waals surface area contributed by atoms with E-state index in [1.54, 1.807) is 27.7 Å². The fourth-order valence-corrected chi connectivity index (χ4v) is 5.75. The average molecular weight is 690 g/mol. The molecule has 1 atom stereocenters. The first-order chi connectivity index (χ1) is 23.1. The van der Waals surface area contributed by atoms with E-state index in [1.165, 1.54) is 11.0 Å². The molecule has 1 aliphatic heterocycles. The largest absolute Gasteiger partial charge is 0.444 e. The van der Waals surface area contributed by atoms with Gasteiger partial charge in [0.1, 0.15) is 22.8 Å². The first-order valence-electron chi connectivity index (χ1n) is 17.3. The number of hydrogen-bond donors (Lipinski definition) is 2. The number of allylic oxidation sites excluding steroid dienone is 1. The molecule has 0 radical (unpaired) electrons. The summed E-state index contributed by atoms with van der Waals surface area (Å²) in [6.07, 6.45) is 3.95. The number of piperidine rings is 1. The number of ether oxygens (including phenoxy) is 2. The van der Waals surface area contributed by atoms with Crippen LogP contribution in [0.1, 0.15) is 113 Å². The first-order valence-corrected chi connectivity index (χ1v) is 17.3. The van der Waals surface area contributed by atoms with E-state index in [0.29, 0.717) is 29.5 Å². The highest BCUT2D eigenvalue weighted by Gasteiger charge is 2.40. The molecule has 3 heterocycles. The second kappa shape index (κ2) is 14.7. The normalized spacial score (nSPS) is 16.2. The predicted octanol–water partition coefficient (Wildman–Crippen LogP) is 8.29. The Morgan fingerprint density at radius 3 is 2.36 bits per heavy atom. The Morgan fingerprint density at radius 2 is 1.74 bits per heavy atom. The number of benzene rings is 1. The number of fused-ring (bicyclic) bond motifs is 1. The highest BCUT2D eigenvalue weighted by molar-refractivity contribution is 5.99. The summed E-state index contributed by atoms with van der Waals surface area (Å²) < 4.78 is 13.4. The summed E-state index contributed by atoms with van der Waals surface area (Å²) in [7, 11) is 0. The summed E-state index contributed by atoms with van der Waals surface area (Å²) in [5.74, 6) is 0.877. The van der Waals surface area contributed by atoms with Gasteiger partial charge in [0.05, 0.1) is 12.7 Å². The Bertz CT molecular complexity index is 1740. The van der Waals surface area contributed by atoms with Crippen molar-refractivity contribution < 1.29 is 23.9 Å². The van der Waals surface area contributed by atoms with Crippen molar-refractivity contribution in [3.8, 4) is 0 Å². The molecule has 0 aliphatic carbocycles. The minimum Gasteiger partial charge on any atom is -0.444 e. The van der Waals surface area contributed by atoms with Gasteiger partial charge < -0.3 is 25.0 Å². The molecule has 3 aromatic rings. The number of carbonyl (C=O) groups is 3. The van der Waals surface area contributed by atoms with Gasteiger partial charge in [-0.2, -0.15) is 9.61 Å². The van der Waals surface area contributed by atoms with Gasteiger partial charge in [-0.3, -0.25) is 9.69 Å². The van der Waals surface area contributed by atoms with Crippen molar-refractivity contribution in [2.24, 2.45) is 0 Å². The van der Waals surface area contributed by atoms with E-state index in [0.717, 1.165) is 29.5 Å². The molecule has 12 heteroatoms. The third-order valence-corrected chi connectivity index (χ3v) is 8.15. The van der Waals surface area contributed by atoms with E-state index in [4.69, 9.17) is 14.5 Å². The molecule has 0 spiro atoms. The van der Waals surface area contributed by atoms with Gasteiger partial charge in [0.15, 0.2) is 5.65 Å². The van der Waals surface area contributed by atoms with Crippen LogP contribution in [0, 0.1) is 0 Å². The number of anilines is 3. The lowest BCUT2D eigenvalue weighted by Crippen LogP contribution is -2.57. The Kier molecular flexibility index (Phi) is 11.2. The van der Waals surface area contributed by atoms with Crippen LogP contribution in [-0.2, 0) is 20.8 Å². The molecule has 2 aromatic heterocycles. The van der Waals surface area contributed by atoms with Crippen LogP contribution in [0.4, 0.5) is 26.9 Å². The Labute approximate surface area is 296 Å². The maximum atomic E-state index is 14.0. The van der Waals surface area contributed by atoms with Crippen molar-refractivity contribution in [1.82, 2.24) is 19.5 Å². The van der Waals surface area contributed by atoms with Gasteiger partial charge in [0, 0.05) is 41.5 Å². The smallest absolute Gasteiger partial charge is 0.416 e. The summed E-state index contributed by atoms with van der Waals surface area (Å²) in [6, 6.07) is 9.04. The fraction of sp³-hybridized carbons (Fsp3) is 0.553. The van der Waals surface area contributed by atoms with Crippen molar-refractivity contribution in [2.45, 2.75) is 131 Å².